The van der Waals surface area contributed by atoms with Crippen LogP contribution in [0, 0.1) is 0 Å². The van der Waals surface area contributed by atoms with Gasteiger partial charge in [-0.1, -0.05) is 56.3 Å². The van der Waals surface area contributed by atoms with Crippen molar-refractivity contribution < 1.29 is 5.11 Å². The van der Waals surface area contributed by atoms with Gasteiger partial charge in [0.05, 0.1) is 6.61 Å². The van der Waals surface area contributed by atoms with Crippen LogP contribution in [0.4, 0.5) is 5.69 Å². The van der Waals surface area contributed by atoms with Crippen molar-refractivity contribution >= 4 is 5.69 Å². The summed E-state index contributed by atoms with van der Waals surface area (Å²) in [5, 5.41) is 9.89. The molecule has 0 radical (unpaired) electrons. The summed E-state index contributed by atoms with van der Waals surface area (Å²) in [6, 6.07) is 18.9. The van der Waals surface area contributed by atoms with E-state index in [-0.39, 0.29) is 12.0 Å². The number of likely N-dealkylation sites (N-methyl/N-ethyl adjacent to an activating group) is 1. The van der Waals surface area contributed by atoms with E-state index in [1.54, 1.807) is 0 Å². The molecule has 0 bridgehead atoms. The van der Waals surface area contributed by atoms with Crippen LogP contribution in [0.25, 0.3) is 0 Å². The van der Waals surface area contributed by atoms with E-state index in [9.17, 15) is 5.11 Å². The zero-order chi connectivity index (χ0) is 15.3. The van der Waals surface area contributed by atoms with Gasteiger partial charge in [0.2, 0.25) is 0 Å². The molecule has 0 saturated heterocycles. The fourth-order valence-corrected chi connectivity index (χ4v) is 2.67. The van der Waals surface area contributed by atoms with Crippen molar-refractivity contribution in [2.75, 3.05) is 25.1 Å². The van der Waals surface area contributed by atoms with Crippen LogP contribution in [-0.2, 0) is 11.8 Å². The summed E-state index contributed by atoms with van der Waals surface area (Å²) >= 11 is 0. The molecule has 2 aromatic rings. The molecule has 0 fully saturated rings. The Morgan fingerprint density at radius 3 is 2.14 bits per heavy atom. The first-order valence-corrected chi connectivity index (χ1v) is 7.55. The molecular formula is C19H25NO. The van der Waals surface area contributed by atoms with Crippen LogP contribution < -0.4 is 4.90 Å². The van der Waals surface area contributed by atoms with Crippen LogP contribution in [0.3, 0.4) is 0 Å². The lowest BCUT2D eigenvalue weighted by Gasteiger charge is -2.34. The van der Waals surface area contributed by atoms with E-state index in [1.165, 1.54) is 16.8 Å². The predicted octanol–water partition coefficient (Wildman–Crippen LogP) is 3.64. The monoisotopic (exact) mass is 283 g/mol. The molecule has 112 valence electrons. The average molecular weight is 283 g/mol. The van der Waals surface area contributed by atoms with Gasteiger partial charge in [0.25, 0.3) is 0 Å². The lowest BCUT2D eigenvalue weighted by atomic mass is 9.82. The minimum atomic E-state index is -0.264. The van der Waals surface area contributed by atoms with Crippen molar-refractivity contribution in [2.45, 2.75) is 25.7 Å². The van der Waals surface area contributed by atoms with Crippen LogP contribution in [0.15, 0.2) is 54.6 Å². The second-order valence-corrected chi connectivity index (χ2v) is 5.96. The predicted molar refractivity (Wildman–Crippen MR) is 90.0 cm³/mol. The van der Waals surface area contributed by atoms with Gasteiger partial charge in [-0.2, -0.15) is 0 Å². The van der Waals surface area contributed by atoms with E-state index >= 15 is 0 Å². The Bertz CT molecular complexity index is 550. The van der Waals surface area contributed by atoms with Crippen molar-refractivity contribution in [1.29, 1.82) is 0 Å². The second kappa shape index (κ2) is 6.77. The van der Waals surface area contributed by atoms with Gasteiger partial charge < -0.3 is 10.0 Å². The summed E-state index contributed by atoms with van der Waals surface area (Å²) in [6.07, 6.45) is 1.06. The summed E-state index contributed by atoms with van der Waals surface area (Å²) in [6.45, 7) is 5.18. The van der Waals surface area contributed by atoms with Crippen molar-refractivity contribution in [3.05, 3.63) is 65.7 Å². The van der Waals surface area contributed by atoms with Gasteiger partial charge in [-0.3, -0.25) is 0 Å². The van der Waals surface area contributed by atoms with Gasteiger partial charge >= 0.3 is 0 Å². The molecule has 21 heavy (non-hydrogen) atoms. The molecule has 1 N–H and O–H groups in total. The smallest absolute Gasteiger partial charge is 0.0542 e. The molecule has 0 aromatic heterocycles. The Balaban J connectivity index is 2.17. The van der Waals surface area contributed by atoms with Crippen molar-refractivity contribution in [3.63, 3.8) is 0 Å². The second-order valence-electron chi connectivity index (χ2n) is 5.96. The molecule has 0 spiro atoms. The first-order valence-electron chi connectivity index (χ1n) is 7.55. The summed E-state index contributed by atoms with van der Waals surface area (Å²) < 4.78 is 0. The van der Waals surface area contributed by atoms with Gasteiger partial charge in [0, 0.05) is 24.7 Å². The van der Waals surface area contributed by atoms with E-state index in [0.717, 1.165) is 13.0 Å². The Morgan fingerprint density at radius 2 is 1.62 bits per heavy atom. The lowest BCUT2D eigenvalue weighted by molar-refractivity contribution is 0.209. The number of hydrogen-bond acceptors (Lipinski definition) is 2. The normalized spacial score (nSPS) is 13.7. The van der Waals surface area contributed by atoms with Crippen molar-refractivity contribution in [3.8, 4) is 0 Å². The molecule has 0 amide bonds. The Morgan fingerprint density at radius 1 is 1.00 bits per heavy atom. The number of aliphatic hydroxyl groups is 1. The standard InChI is InChI=1S/C19H25NO/c1-4-16-10-12-18(13-11-16)20(3)14-19(2,15-21)17-8-6-5-7-9-17/h5-13,21H,4,14-15H2,1-3H3. The third-order valence-electron chi connectivity index (χ3n) is 4.19. The first-order chi connectivity index (χ1) is 10.1. The highest BCUT2D eigenvalue weighted by Gasteiger charge is 2.27. The molecule has 2 heteroatoms. The van der Waals surface area contributed by atoms with E-state index in [0.29, 0.717) is 0 Å². The van der Waals surface area contributed by atoms with Crippen LogP contribution in [0.5, 0.6) is 0 Å². The number of benzene rings is 2. The molecule has 0 aliphatic carbocycles. The van der Waals surface area contributed by atoms with Crippen molar-refractivity contribution in [2.24, 2.45) is 0 Å². The maximum Gasteiger partial charge on any atom is 0.0542 e. The van der Waals surface area contributed by atoms with Gasteiger partial charge in [-0.25, -0.2) is 0 Å². The number of nitrogens with zero attached hydrogens (tertiary/aromatic N) is 1. The van der Waals surface area contributed by atoms with E-state index < -0.39 is 0 Å². The van der Waals surface area contributed by atoms with E-state index in [4.69, 9.17) is 0 Å². The highest BCUT2D eigenvalue weighted by Crippen LogP contribution is 2.26. The van der Waals surface area contributed by atoms with Gasteiger partial charge in [0.15, 0.2) is 0 Å². The van der Waals surface area contributed by atoms with Crippen LogP contribution in [-0.4, -0.2) is 25.3 Å². The molecule has 2 rings (SSSR count). The Kier molecular flexibility index (Phi) is 5.03. The number of aliphatic hydroxyl groups excluding tert-OH is 1. The maximum absolute atomic E-state index is 9.89. The van der Waals surface area contributed by atoms with Gasteiger partial charge in [-0.05, 0) is 29.7 Å². The molecule has 0 aliphatic rings. The fourth-order valence-electron chi connectivity index (χ4n) is 2.67. The minimum Gasteiger partial charge on any atom is -0.395 e. The lowest BCUT2D eigenvalue weighted by Crippen LogP contribution is -2.39. The zero-order valence-electron chi connectivity index (χ0n) is 13.2. The summed E-state index contributed by atoms with van der Waals surface area (Å²) in [5.41, 5.74) is 3.44. The number of anilines is 1. The molecule has 1 atom stereocenters. The average Bonchev–Trinajstić information content (AvgIpc) is 2.55. The third kappa shape index (κ3) is 3.64. The molecule has 2 aromatic carbocycles. The van der Waals surface area contributed by atoms with Crippen LogP contribution in [0.1, 0.15) is 25.0 Å². The molecule has 1 unspecified atom stereocenters. The highest BCUT2D eigenvalue weighted by molar-refractivity contribution is 5.48. The topological polar surface area (TPSA) is 23.5 Å². The molecule has 2 nitrogen and oxygen atoms in total. The third-order valence-corrected chi connectivity index (χ3v) is 4.19. The molecule has 0 heterocycles. The van der Waals surface area contributed by atoms with Crippen molar-refractivity contribution in [1.82, 2.24) is 0 Å². The molecule has 0 aliphatic heterocycles. The summed E-state index contributed by atoms with van der Waals surface area (Å²) in [7, 11) is 2.08. The SMILES string of the molecule is CCc1ccc(N(C)CC(C)(CO)c2ccccc2)cc1. The van der Waals surface area contributed by atoms with Gasteiger partial charge in [-0.15, -0.1) is 0 Å². The summed E-state index contributed by atoms with van der Waals surface area (Å²) in [5.74, 6) is 0. The summed E-state index contributed by atoms with van der Waals surface area (Å²) in [4.78, 5) is 2.21. The molecule has 0 saturated carbocycles. The number of aryl methyl sites for hydroxylation is 1. The van der Waals surface area contributed by atoms with E-state index in [2.05, 4.69) is 62.2 Å². The first kappa shape index (κ1) is 15.6. The van der Waals surface area contributed by atoms with Crippen LogP contribution >= 0.6 is 0 Å². The van der Waals surface area contributed by atoms with Crippen LogP contribution in [0.2, 0.25) is 0 Å². The highest BCUT2D eigenvalue weighted by atomic mass is 16.3. The zero-order valence-corrected chi connectivity index (χ0v) is 13.2. The minimum absolute atomic E-state index is 0.133. The number of hydrogen-bond donors (Lipinski definition) is 1. The fraction of sp³-hybridized carbons (Fsp3) is 0.368. The Hall–Kier alpha value is -1.80. The van der Waals surface area contributed by atoms with E-state index in [1.807, 2.05) is 18.2 Å². The molecular weight excluding hydrogens is 258 g/mol. The maximum atomic E-state index is 9.89. The Labute approximate surface area is 128 Å². The number of rotatable bonds is 6. The quantitative estimate of drug-likeness (QED) is 0.875. The largest absolute Gasteiger partial charge is 0.395 e. The van der Waals surface area contributed by atoms with Gasteiger partial charge in [0.1, 0.15) is 0 Å².